The van der Waals surface area contributed by atoms with E-state index in [0.29, 0.717) is 31.6 Å². The predicted octanol–water partition coefficient (Wildman–Crippen LogP) is 3.98. The minimum atomic E-state index is -0.329. The SMILES string of the molecule is CN(C(=O)N1CCC(C(=O)c2ccccc2)CC1)c1ccc(F)cc1. The molecule has 1 aliphatic heterocycles. The molecule has 4 nitrogen and oxygen atoms in total. The van der Waals surface area contributed by atoms with E-state index in [1.807, 2.05) is 30.3 Å². The highest BCUT2D eigenvalue weighted by Gasteiger charge is 2.29. The molecule has 0 aromatic heterocycles. The van der Waals surface area contributed by atoms with Crippen molar-refractivity contribution in [3.8, 4) is 0 Å². The fourth-order valence-corrected chi connectivity index (χ4v) is 3.16. The molecule has 1 heterocycles. The summed E-state index contributed by atoms with van der Waals surface area (Å²) in [6.07, 6.45) is 1.33. The molecule has 0 saturated carbocycles. The Morgan fingerprint density at radius 1 is 1.00 bits per heavy atom. The fraction of sp³-hybridized carbons (Fsp3) is 0.300. The van der Waals surface area contributed by atoms with Gasteiger partial charge >= 0.3 is 6.03 Å². The summed E-state index contributed by atoms with van der Waals surface area (Å²) < 4.78 is 13.0. The topological polar surface area (TPSA) is 40.6 Å². The van der Waals surface area contributed by atoms with Crippen LogP contribution in [0.2, 0.25) is 0 Å². The number of Topliss-reactive ketones (excluding diaryl/α,β-unsaturated/α-hetero) is 1. The zero-order chi connectivity index (χ0) is 17.8. The number of ketones is 1. The van der Waals surface area contributed by atoms with E-state index in [9.17, 15) is 14.0 Å². The molecule has 0 unspecified atom stereocenters. The Morgan fingerprint density at radius 3 is 2.20 bits per heavy atom. The molecule has 1 saturated heterocycles. The molecule has 1 fully saturated rings. The van der Waals surface area contributed by atoms with Crippen molar-refractivity contribution in [2.45, 2.75) is 12.8 Å². The second-order valence-corrected chi connectivity index (χ2v) is 6.31. The quantitative estimate of drug-likeness (QED) is 0.793. The summed E-state index contributed by atoms with van der Waals surface area (Å²) in [5.41, 5.74) is 1.38. The number of hydrogen-bond donors (Lipinski definition) is 0. The molecule has 2 amide bonds. The molecule has 25 heavy (non-hydrogen) atoms. The van der Waals surface area contributed by atoms with Crippen LogP contribution in [0.4, 0.5) is 14.9 Å². The Hall–Kier alpha value is -2.69. The van der Waals surface area contributed by atoms with E-state index in [1.54, 1.807) is 24.1 Å². The summed E-state index contributed by atoms with van der Waals surface area (Å²) in [6, 6.07) is 15.0. The Labute approximate surface area is 146 Å². The number of hydrogen-bond acceptors (Lipinski definition) is 2. The first-order valence-electron chi connectivity index (χ1n) is 8.43. The molecule has 2 aromatic carbocycles. The molecule has 0 aliphatic carbocycles. The number of nitrogens with zero attached hydrogens (tertiary/aromatic N) is 2. The molecule has 0 radical (unpaired) electrons. The highest BCUT2D eigenvalue weighted by Crippen LogP contribution is 2.23. The molecule has 0 bridgehead atoms. The molecular formula is C20H21FN2O2. The van der Waals surface area contributed by atoms with Crippen LogP contribution in [-0.4, -0.2) is 36.9 Å². The van der Waals surface area contributed by atoms with Gasteiger partial charge in [0.1, 0.15) is 5.82 Å². The number of carbonyl (C=O) groups excluding carboxylic acids is 2. The van der Waals surface area contributed by atoms with Crippen LogP contribution < -0.4 is 4.90 Å². The first-order valence-corrected chi connectivity index (χ1v) is 8.43. The predicted molar refractivity (Wildman–Crippen MR) is 95.3 cm³/mol. The third-order valence-electron chi connectivity index (χ3n) is 4.70. The van der Waals surface area contributed by atoms with Gasteiger partial charge in [-0.05, 0) is 37.1 Å². The fourth-order valence-electron chi connectivity index (χ4n) is 3.16. The first-order chi connectivity index (χ1) is 12.1. The van der Waals surface area contributed by atoms with E-state index in [-0.39, 0.29) is 23.5 Å². The number of halogens is 1. The third kappa shape index (κ3) is 3.87. The van der Waals surface area contributed by atoms with Gasteiger partial charge in [-0.25, -0.2) is 9.18 Å². The maximum absolute atomic E-state index is 13.0. The molecule has 0 N–H and O–H groups in total. The van der Waals surface area contributed by atoms with Gasteiger partial charge in [0.05, 0.1) is 0 Å². The van der Waals surface area contributed by atoms with Crippen LogP contribution in [0.25, 0.3) is 0 Å². The van der Waals surface area contributed by atoms with E-state index in [4.69, 9.17) is 0 Å². The van der Waals surface area contributed by atoms with E-state index in [1.165, 1.54) is 17.0 Å². The van der Waals surface area contributed by atoms with Crippen molar-refractivity contribution in [1.29, 1.82) is 0 Å². The summed E-state index contributed by atoms with van der Waals surface area (Å²) in [4.78, 5) is 28.4. The van der Waals surface area contributed by atoms with Gasteiger partial charge < -0.3 is 4.90 Å². The number of likely N-dealkylation sites (tertiary alicyclic amines) is 1. The van der Waals surface area contributed by atoms with Crippen molar-refractivity contribution in [3.05, 3.63) is 66.0 Å². The first kappa shape index (κ1) is 17.1. The van der Waals surface area contributed by atoms with Crippen LogP contribution in [0.15, 0.2) is 54.6 Å². The molecule has 130 valence electrons. The second kappa shape index (κ2) is 7.47. The Bertz CT molecular complexity index is 738. The molecule has 0 spiro atoms. The van der Waals surface area contributed by atoms with Crippen LogP contribution >= 0.6 is 0 Å². The van der Waals surface area contributed by atoms with Crippen molar-refractivity contribution in [2.24, 2.45) is 5.92 Å². The van der Waals surface area contributed by atoms with Gasteiger partial charge in [0, 0.05) is 37.3 Å². The van der Waals surface area contributed by atoms with Gasteiger partial charge in [-0.3, -0.25) is 9.69 Å². The highest BCUT2D eigenvalue weighted by atomic mass is 19.1. The highest BCUT2D eigenvalue weighted by molar-refractivity contribution is 5.98. The molecule has 5 heteroatoms. The molecule has 3 rings (SSSR count). The third-order valence-corrected chi connectivity index (χ3v) is 4.70. The second-order valence-electron chi connectivity index (χ2n) is 6.31. The number of amides is 2. The average molecular weight is 340 g/mol. The van der Waals surface area contributed by atoms with Crippen molar-refractivity contribution < 1.29 is 14.0 Å². The number of piperidine rings is 1. The van der Waals surface area contributed by atoms with Gasteiger partial charge in [0.15, 0.2) is 5.78 Å². The van der Waals surface area contributed by atoms with Crippen LogP contribution in [-0.2, 0) is 0 Å². The summed E-state index contributed by atoms with van der Waals surface area (Å²) in [7, 11) is 1.68. The van der Waals surface area contributed by atoms with E-state index in [0.717, 1.165) is 5.56 Å². The summed E-state index contributed by atoms with van der Waals surface area (Å²) >= 11 is 0. The number of carbonyl (C=O) groups is 2. The van der Waals surface area contributed by atoms with Gasteiger partial charge in [0.25, 0.3) is 0 Å². The van der Waals surface area contributed by atoms with E-state index >= 15 is 0 Å². The van der Waals surface area contributed by atoms with Crippen molar-refractivity contribution >= 4 is 17.5 Å². The molecule has 1 aliphatic rings. The molecular weight excluding hydrogens is 319 g/mol. The van der Waals surface area contributed by atoms with E-state index in [2.05, 4.69) is 0 Å². The van der Waals surface area contributed by atoms with Gasteiger partial charge in [-0.15, -0.1) is 0 Å². The number of anilines is 1. The Morgan fingerprint density at radius 2 is 1.60 bits per heavy atom. The van der Waals surface area contributed by atoms with Gasteiger partial charge in [-0.2, -0.15) is 0 Å². The Kier molecular flexibility index (Phi) is 5.12. The lowest BCUT2D eigenvalue weighted by atomic mass is 9.89. The van der Waals surface area contributed by atoms with Crippen LogP contribution in [0, 0.1) is 11.7 Å². The lowest BCUT2D eigenvalue weighted by Crippen LogP contribution is -2.46. The summed E-state index contributed by atoms with van der Waals surface area (Å²) in [5.74, 6) is -0.216. The monoisotopic (exact) mass is 340 g/mol. The van der Waals surface area contributed by atoms with E-state index < -0.39 is 0 Å². The van der Waals surface area contributed by atoms with Crippen LogP contribution in [0.5, 0.6) is 0 Å². The number of rotatable bonds is 3. The normalized spacial score (nSPS) is 15.0. The minimum Gasteiger partial charge on any atom is -0.324 e. The lowest BCUT2D eigenvalue weighted by molar-refractivity contribution is 0.0857. The minimum absolute atomic E-state index is 0.0393. The van der Waals surface area contributed by atoms with Crippen molar-refractivity contribution in [3.63, 3.8) is 0 Å². The van der Waals surface area contributed by atoms with Crippen molar-refractivity contribution in [2.75, 3.05) is 25.0 Å². The van der Waals surface area contributed by atoms with Crippen LogP contribution in [0.1, 0.15) is 23.2 Å². The van der Waals surface area contributed by atoms with Gasteiger partial charge in [0.2, 0.25) is 0 Å². The maximum atomic E-state index is 13.0. The number of benzene rings is 2. The largest absolute Gasteiger partial charge is 0.324 e. The standard InChI is InChI=1S/C20H21FN2O2/c1-22(18-9-7-17(21)8-10-18)20(25)23-13-11-16(12-14-23)19(24)15-5-3-2-4-6-15/h2-10,16H,11-14H2,1H3. The smallest absolute Gasteiger partial charge is 0.324 e. The summed E-state index contributed by atoms with van der Waals surface area (Å²) in [5, 5.41) is 0. The van der Waals surface area contributed by atoms with Crippen molar-refractivity contribution in [1.82, 2.24) is 4.90 Å². The van der Waals surface area contributed by atoms with Crippen LogP contribution in [0.3, 0.4) is 0 Å². The lowest BCUT2D eigenvalue weighted by Gasteiger charge is -2.34. The zero-order valence-corrected chi connectivity index (χ0v) is 14.2. The number of urea groups is 1. The maximum Gasteiger partial charge on any atom is 0.324 e. The Balaban J connectivity index is 1.59. The average Bonchev–Trinajstić information content (AvgIpc) is 2.67. The molecule has 0 atom stereocenters. The zero-order valence-electron chi connectivity index (χ0n) is 14.2. The van der Waals surface area contributed by atoms with Gasteiger partial charge in [-0.1, -0.05) is 30.3 Å². The molecule has 2 aromatic rings. The summed E-state index contributed by atoms with van der Waals surface area (Å²) in [6.45, 7) is 1.10.